The van der Waals surface area contributed by atoms with Gasteiger partial charge in [-0.3, -0.25) is 4.68 Å². The Morgan fingerprint density at radius 2 is 2.27 bits per heavy atom. The molecule has 4 rings (SSSR count). The summed E-state index contributed by atoms with van der Waals surface area (Å²) < 4.78 is 7.71. The highest BCUT2D eigenvalue weighted by atomic mass is 16.5. The van der Waals surface area contributed by atoms with Crippen molar-refractivity contribution in [2.75, 3.05) is 6.61 Å². The van der Waals surface area contributed by atoms with Gasteiger partial charge < -0.3 is 10.1 Å². The van der Waals surface area contributed by atoms with Crippen LogP contribution in [0.2, 0.25) is 0 Å². The summed E-state index contributed by atoms with van der Waals surface area (Å²) >= 11 is 0. The van der Waals surface area contributed by atoms with Crippen LogP contribution in [0.5, 0.6) is 0 Å². The van der Waals surface area contributed by atoms with Crippen molar-refractivity contribution in [3.63, 3.8) is 0 Å². The van der Waals surface area contributed by atoms with Crippen LogP contribution < -0.4 is 5.32 Å². The third-order valence-corrected chi connectivity index (χ3v) is 6.37. The van der Waals surface area contributed by atoms with Gasteiger partial charge in [-0.1, -0.05) is 13.3 Å². The smallest absolute Gasteiger partial charge is 0.0753 e. The Hall–Kier alpha value is -0.870. The fourth-order valence-corrected chi connectivity index (χ4v) is 5.21. The predicted molar refractivity (Wildman–Crippen MR) is 86.4 cm³/mol. The summed E-state index contributed by atoms with van der Waals surface area (Å²) in [7, 11) is 2.08. The van der Waals surface area contributed by atoms with Crippen LogP contribution in [-0.2, 0) is 31.4 Å². The molecule has 2 bridgehead atoms. The second-order valence-electron chi connectivity index (χ2n) is 7.53. The first kappa shape index (κ1) is 14.7. The molecule has 4 unspecified atom stereocenters. The molecule has 2 saturated carbocycles. The molecule has 3 aliphatic rings. The largest absolute Gasteiger partial charge is 0.376 e. The molecule has 0 radical (unpaired) electrons. The Balaban J connectivity index is 1.44. The Labute approximate surface area is 133 Å². The van der Waals surface area contributed by atoms with Gasteiger partial charge >= 0.3 is 0 Å². The Bertz CT molecular complexity index is 539. The number of hydrogen-bond donors (Lipinski definition) is 1. The Morgan fingerprint density at radius 1 is 1.36 bits per heavy atom. The van der Waals surface area contributed by atoms with Crippen molar-refractivity contribution >= 4 is 0 Å². The van der Waals surface area contributed by atoms with E-state index in [9.17, 15) is 0 Å². The number of fused-ring (bicyclic) bond motifs is 3. The van der Waals surface area contributed by atoms with Crippen LogP contribution in [0.4, 0.5) is 0 Å². The number of nitrogens with one attached hydrogen (secondary N) is 1. The van der Waals surface area contributed by atoms with E-state index in [1.807, 2.05) is 0 Å². The first-order valence-corrected chi connectivity index (χ1v) is 9.11. The Morgan fingerprint density at radius 3 is 3.00 bits per heavy atom. The average molecular weight is 303 g/mol. The van der Waals surface area contributed by atoms with E-state index >= 15 is 0 Å². The number of ether oxygens (including phenoxy) is 1. The van der Waals surface area contributed by atoms with Crippen LogP contribution in [0.25, 0.3) is 0 Å². The molecule has 122 valence electrons. The maximum atomic E-state index is 5.64. The van der Waals surface area contributed by atoms with Crippen LogP contribution in [0.3, 0.4) is 0 Å². The first-order valence-electron chi connectivity index (χ1n) is 9.11. The highest BCUT2D eigenvalue weighted by molar-refractivity contribution is 5.27. The lowest BCUT2D eigenvalue weighted by molar-refractivity contribution is 0.109. The normalized spacial score (nSPS) is 31.5. The number of aryl methyl sites for hydroxylation is 1. The molecular formula is C18H29N3O. The maximum absolute atomic E-state index is 5.64. The fourth-order valence-electron chi connectivity index (χ4n) is 5.21. The number of rotatable bonds is 5. The van der Waals surface area contributed by atoms with Gasteiger partial charge in [-0.2, -0.15) is 5.10 Å². The van der Waals surface area contributed by atoms with E-state index in [1.165, 1.54) is 49.1 Å². The molecule has 1 aliphatic heterocycles. The summed E-state index contributed by atoms with van der Waals surface area (Å²) in [6, 6.07) is 0.672. The van der Waals surface area contributed by atoms with E-state index in [-0.39, 0.29) is 0 Å². The van der Waals surface area contributed by atoms with Crippen LogP contribution >= 0.6 is 0 Å². The van der Waals surface area contributed by atoms with E-state index in [0.717, 1.165) is 43.9 Å². The summed E-state index contributed by atoms with van der Waals surface area (Å²) in [5, 5.41) is 8.56. The molecular weight excluding hydrogens is 274 g/mol. The van der Waals surface area contributed by atoms with Gasteiger partial charge in [0.25, 0.3) is 0 Å². The molecule has 4 heteroatoms. The summed E-state index contributed by atoms with van der Waals surface area (Å²) in [6.45, 7) is 4.84. The molecule has 2 fully saturated rings. The lowest BCUT2D eigenvalue weighted by atomic mass is 9.82. The van der Waals surface area contributed by atoms with Crippen LogP contribution in [0, 0.1) is 17.8 Å². The van der Waals surface area contributed by atoms with E-state index in [2.05, 4.69) is 29.1 Å². The minimum Gasteiger partial charge on any atom is -0.376 e. The lowest BCUT2D eigenvalue weighted by Gasteiger charge is -2.31. The lowest BCUT2D eigenvalue weighted by Crippen LogP contribution is -2.38. The maximum Gasteiger partial charge on any atom is 0.0753 e. The molecule has 2 heterocycles. The van der Waals surface area contributed by atoms with Gasteiger partial charge in [-0.25, -0.2) is 0 Å². The van der Waals surface area contributed by atoms with Crippen molar-refractivity contribution < 1.29 is 4.74 Å². The standard InChI is InChI=1S/C18H29N3O/c1-3-16(14-9-12-4-5-13(14)8-12)19-10-18-15-11-22-7-6-17(15)20-21(18)2/h12-14,16,19H,3-11H2,1-2H3. The summed E-state index contributed by atoms with van der Waals surface area (Å²) in [6.07, 6.45) is 8.13. The Kier molecular flexibility index (Phi) is 3.99. The topological polar surface area (TPSA) is 39.1 Å². The van der Waals surface area contributed by atoms with Crippen molar-refractivity contribution in [1.82, 2.24) is 15.1 Å². The zero-order valence-electron chi connectivity index (χ0n) is 14.0. The molecule has 0 spiro atoms. The molecule has 1 aromatic rings. The van der Waals surface area contributed by atoms with Gasteiger partial charge in [0.2, 0.25) is 0 Å². The molecule has 0 amide bonds. The second kappa shape index (κ2) is 5.97. The monoisotopic (exact) mass is 303 g/mol. The van der Waals surface area contributed by atoms with Gasteiger partial charge in [-0.05, 0) is 43.4 Å². The molecule has 0 saturated heterocycles. The molecule has 1 aromatic heterocycles. The molecule has 4 nitrogen and oxygen atoms in total. The number of nitrogens with zero attached hydrogens (tertiary/aromatic N) is 2. The zero-order valence-corrected chi connectivity index (χ0v) is 14.0. The van der Waals surface area contributed by atoms with E-state index in [4.69, 9.17) is 4.74 Å². The highest BCUT2D eigenvalue weighted by Gasteiger charge is 2.42. The van der Waals surface area contributed by atoms with Gasteiger partial charge in [0.15, 0.2) is 0 Å². The third-order valence-electron chi connectivity index (χ3n) is 6.37. The van der Waals surface area contributed by atoms with Crippen LogP contribution in [0.15, 0.2) is 0 Å². The van der Waals surface area contributed by atoms with Crippen molar-refractivity contribution in [2.45, 2.75) is 64.6 Å². The van der Waals surface area contributed by atoms with Crippen molar-refractivity contribution in [1.29, 1.82) is 0 Å². The number of hydrogen-bond acceptors (Lipinski definition) is 3. The van der Waals surface area contributed by atoms with Crippen LogP contribution in [0.1, 0.15) is 56.0 Å². The summed E-state index contributed by atoms with van der Waals surface area (Å²) in [5.74, 6) is 2.93. The average Bonchev–Trinajstić information content (AvgIpc) is 3.22. The van der Waals surface area contributed by atoms with Crippen molar-refractivity contribution in [3.8, 4) is 0 Å². The van der Waals surface area contributed by atoms with Crippen LogP contribution in [-0.4, -0.2) is 22.4 Å². The van der Waals surface area contributed by atoms with E-state index in [1.54, 1.807) is 0 Å². The molecule has 1 N–H and O–H groups in total. The molecule has 2 aliphatic carbocycles. The van der Waals surface area contributed by atoms with Gasteiger partial charge in [0.05, 0.1) is 24.6 Å². The third kappa shape index (κ3) is 2.50. The van der Waals surface area contributed by atoms with E-state index in [0.29, 0.717) is 6.04 Å². The van der Waals surface area contributed by atoms with Gasteiger partial charge in [-0.15, -0.1) is 0 Å². The number of aromatic nitrogens is 2. The first-order chi connectivity index (χ1) is 10.8. The minimum atomic E-state index is 0.672. The highest BCUT2D eigenvalue weighted by Crippen LogP contribution is 2.50. The zero-order chi connectivity index (χ0) is 15.1. The van der Waals surface area contributed by atoms with Gasteiger partial charge in [0.1, 0.15) is 0 Å². The molecule has 0 aromatic carbocycles. The van der Waals surface area contributed by atoms with Crippen molar-refractivity contribution in [2.24, 2.45) is 24.8 Å². The summed E-state index contributed by atoms with van der Waals surface area (Å²) in [4.78, 5) is 0. The fraction of sp³-hybridized carbons (Fsp3) is 0.833. The SMILES string of the molecule is CCC(NCc1c2c(nn1C)CCOC2)C1CC2CCC1C2. The molecule has 22 heavy (non-hydrogen) atoms. The van der Waals surface area contributed by atoms with Crippen molar-refractivity contribution in [3.05, 3.63) is 17.0 Å². The quantitative estimate of drug-likeness (QED) is 0.909. The van der Waals surface area contributed by atoms with Gasteiger partial charge in [0, 0.05) is 31.6 Å². The van der Waals surface area contributed by atoms with E-state index < -0.39 is 0 Å². The predicted octanol–water partition coefficient (Wildman–Crippen LogP) is 2.80. The molecule has 4 atom stereocenters. The minimum absolute atomic E-state index is 0.672. The summed E-state index contributed by atoms with van der Waals surface area (Å²) in [5.41, 5.74) is 3.92. The second-order valence-corrected chi connectivity index (χ2v) is 7.53.